The molecule has 0 aromatic heterocycles. The molecule has 3 aromatic rings. The van der Waals surface area contributed by atoms with E-state index in [4.69, 9.17) is 4.74 Å². The van der Waals surface area contributed by atoms with Crippen molar-refractivity contribution in [3.8, 4) is 5.75 Å². The van der Waals surface area contributed by atoms with Crippen molar-refractivity contribution < 1.29 is 22.9 Å². The van der Waals surface area contributed by atoms with Gasteiger partial charge in [0.05, 0.1) is 39.4 Å². The van der Waals surface area contributed by atoms with Gasteiger partial charge in [-0.1, -0.05) is 24.3 Å². The zero-order chi connectivity index (χ0) is 23.8. The topological polar surface area (TPSA) is 119 Å². The molecule has 1 aliphatic rings. The summed E-state index contributed by atoms with van der Waals surface area (Å²) >= 11 is 0. The lowest BCUT2D eigenvalue weighted by Crippen LogP contribution is -2.29. The molecule has 0 saturated carbocycles. The predicted molar refractivity (Wildman–Crippen MR) is 123 cm³/mol. The van der Waals surface area contributed by atoms with E-state index in [9.17, 15) is 23.3 Å². The van der Waals surface area contributed by atoms with E-state index in [1.807, 2.05) is 12.1 Å². The van der Waals surface area contributed by atoms with Gasteiger partial charge in [0, 0.05) is 12.6 Å². The fourth-order valence-corrected chi connectivity index (χ4v) is 5.39. The summed E-state index contributed by atoms with van der Waals surface area (Å²) in [6.45, 7) is 1.83. The number of carbonyl (C=O) groups is 1. The fourth-order valence-electron chi connectivity index (χ4n) is 3.86. The molecule has 0 atom stereocenters. The van der Waals surface area contributed by atoms with Gasteiger partial charge in [-0.3, -0.25) is 19.2 Å². The summed E-state index contributed by atoms with van der Waals surface area (Å²) < 4.78 is 33.4. The number of nitrogens with one attached hydrogen (secondary N) is 1. The van der Waals surface area contributed by atoms with Crippen LogP contribution in [0, 0.1) is 17.0 Å². The largest absolute Gasteiger partial charge is 0.496 e. The second-order valence-corrected chi connectivity index (χ2v) is 9.34. The van der Waals surface area contributed by atoms with Crippen LogP contribution in [0.1, 0.15) is 21.5 Å². The Bertz CT molecular complexity index is 1370. The number of sulfonamides is 1. The van der Waals surface area contributed by atoms with Crippen LogP contribution >= 0.6 is 0 Å². The predicted octanol–water partition coefficient (Wildman–Crippen LogP) is 3.92. The summed E-state index contributed by atoms with van der Waals surface area (Å²) in [5.41, 5.74) is 1.95. The van der Waals surface area contributed by atoms with Crippen molar-refractivity contribution in [3.63, 3.8) is 0 Å². The van der Waals surface area contributed by atoms with Gasteiger partial charge in [-0.05, 0) is 49.2 Å². The second-order valence-electron chi connectivity index (χ2n) is 7.48. The summed E-state index contributed by atoms with van der Waals surface area (Å²) in [4.78, 5) is 23.7. The number of nitrogens with zero attached hydrogens (tertiary/aromatic N) is 2. The van der Waals surface area contributed by atoms with Crippen molar-refractivity contribution in [2.45, 2.75) is 18.2 Å². The van der Waals surface area contributed by atoms with Crippen LogP contribution in [-0.4, -0.2) is 32.9 Å². The molecule has 10 heteroatoms. The number of para-hydroxylation sites is 1. The molecular formula is C23H21N3O6S. The maximum Gasteiger partial charge on any atom is 0.274 e. The van der Waals surface area contributed by atoms with E-state index in [0.29, 0.717) is 18.7 Å². The number of hydrogen-bond donors (Lipinski definition) is 1. The van der Waals surface area contributed by atoms with Gasteiger partial charge in [0.25, 0.3) is 21.6 Å². The van der Waals surface area contributed by atoms with Gasteiger partial charge in [-0.2, -0.15) is 0 Å². The van der Waals surface area contributed by atoms with Crippen molar-refractivity contribution in [1.29, 1.82) is 0 Å². The molecule has 1 heterocycles. The summed E-state index contributed by atoms with van der Waals surface area (Å²) in [7, 11) is -2.55. The minimum absolute atomic E-state index is 0.00281. The lowest BCUT2D eigenvalue weighted by molar-refractivity contribution is -0.385. The quantitative estimate of drug-likeness (QED) is 0.434. The monoisotopic (exact) mass is 467 g/mol. The minimum atomic E-state index is -3.92. The Labute approximate surface area is 190 Å². The summed E-state index contributed by atoms with van der Waals surface area (Å²) in [5.74, 6) is -0.467. The van der Waals surface area contributed by atoms with Crippen LogP contribution in [0.5, 0.6) is 5.75 Å². The number of methoxy groups -OCH3 is 1. The molecular weight excluding hydrogens is 446 g/mol. The Morgan fingerprint density at radius 3 is 2.61 bits per heavy atom. The normalized spacial score (nSPS) is 12.8. The Morgan fingerprint density at radius 1 is 1.12 bits per heavy atom. The summed E-state index contributed by atoms with van der Waals surface area (Å²) in [6.07, 6.45) is 0.602. The highest BCUT2D eigenvalue weighted by molar-refractivity contribution is 7.92. The second kappa shape index (κ2) is 8.55. The highest BCUT2D eigenvalue weighted by Crippen LogP contribution is 2.34. The number of carbonyl (C=O) groups excluding carboxylic acids is 1. The van der Waals surface area contributed by atoms with Crippen molar-refractivity contribution in [3.05, 3.63) is 87.5 Å². The first-order valence-corrected chi connectivity index (χ1v) is 11.5. The van der Waals surface area contributed by atoms with E-state index in [-0.39, 0.29) is 33.1 Å². The van der Waals surface area contributed by atoms with Crippen LogP contribution in [0.3, 0.4) is 0 Å². The number of fused-ring (bicyclic) bond motifs is 1. The van der Waals surface area contributed by atoms with E-state index in [1.165, 1.54) is 54.7 Å². The Kier molecular flexibility index (Phi) is 5.77. The maximum atomic E-state index is 13.4. The molecule has 1 aliphatic heterocycles. The number of nitro groups is 1. The van der Waals surface area contributed by atoms with Crippen LogP contribution in [0.15, 0.2) is 65.6 Å². The number of benzene rings is 3. The molecule has 0 saturated heterocycles. The van der Waals surface area contributed by atoms with Gasteiger partial charge in [0.15, 0.2) is 0 Å². The van der Waals surface area contributed by atoms with Crippen molar-refractivity contribution in [1.82, 2.24) is 0 Å². The molecule has 1 N–H and O–H groups in total. The van der Waals surface area contributed by atoms with Crippen LogP contribution in [0.25, 0.3) is 0 Å². The molecule has 0 unspecified atom stereocenters. The minimum Gasteiger partial charge on any atom is -0.496 e. The SMILES string of the molecule is COc1ccc(S(=O)(=O)N2CCc3ccccc32)cc1C(=O)Nc1cccc([N+](=O)[O-])c1C. The first-order chi connectivity index (χ1) is 15.7. The van der Waals surface area contributed by atoms with Crippen molar-refractivity contribution in [2.75, 3.05) is 23.3 Å². The van der Waals surface area contributed by atoms with E-state index in [1.54, 1.807) is 12.1 Å². The number of nitro benzene ring substituents is 1. The lowest BCUT2D eigenvalue weighted by Gasteiger charge is -2.20. The van der Waals surface area contributed by atoms with Crippen LogP contribution < -0.4 is 14.4 Å². The first kappa shape index (κ1) is 22.3. The number of anilines is 2. The molecule has 4 rings (SSSR count). The van der Waals surface area contributed by atoms with Crippen molar-refractivity contribution in [2.24, 2.45) is 0 Å². The van der Waals surface area contributed by atoms with Crippen LogP contribution in [-0.2, 0) is 16.4 Å². The van der Waals surface area contributed by atoms with Gasteiger partial charge in [0.2, 0.25) is 0 Å². The number of amides is 1. The van der Waals surface area contributed by atoms with Crippen LogP contribution in [0.4, 0.5) is 17.1 Å². The fraction of sp³-hybridized carbons (Fsp3) is 0.174. The average molecular weight is 468 g/mol. The molecule has 0 aliphatic carbocycles. The summed E-state index contributed by atoms with van der Waals surface area (Å²) in [6, 6.07) is 15.7. The lowest BCUT2D eigenvalue weighted by atomic mass is 10.1. The zero-order valence-electron chi connectivity index (χ0n) is 17.9. The van der Waals surface area contributed by atoms with E-state index >= 15 is 0 Å². The molecule has 1 amide bonds. The smallest absolute Gasteiger partial charge is 0.274 e. The van der Waals surface area contributed by atoms with E-state index in [2.05, 4.69) is 5.32 Å². The molecule has 0 bridgehead atoms. The standard InChI is InChI=1S/C23H21N3O6S/c1-15-19(7-5-9-20(15)26(28)29)24-23(27)18-14-17(10-11-22(18)32-2)33(30,31)25-13-12-16-6-3-4-8-21(16)25/h3-11,14H,12-13H2,1-2H3,(H,24,27). The Hall–Kier alpha value is -3.92. The highest BCUT2D eigenvalue weighted by atomic mass is 32.2. The van der Waals surface area contributed by atoms with Crippen LogP contribution in [0.2, 0.25) is 0 Å². The Morgan fingerprint density at radius 2 is 1.88 bits per heavy atom. The van der Waals surface area contributed by atoms with Gasteiger partial charge >= 0.3 is 0 Å². The third kappa shape index (κ3) is 4.00. The average Bonchev–Trinajstić information content (AvgIpc) is 3.25. The van der Waals surface area contributed by atoms with Crippen molar-refractivity contribution >= 4 is 33.0 Å². The van der Waals surface area contributed by atoms with Gasteiger partial charge in [0.1, 0.15) is 5.75 Å². The third-order valence-electron chi connectivity index (χ3n) is 5.60. The molecule has 170 valence electrons. The first-order valence-electron chi connectivity index (χ1n) is 10.1. The van der Waals surface area contributed by atoms with E-state index in [0.717, 1.165) is 5.56 Å². The number of ether oxygens (including phenoxy) is 1. The maximum absolute atomic E-state index is 13.4. The van der Waals surface area contributed by atoms with E-state index < -0.39 is 20.9 Å². The number of rotatable bonds is 6. The molecule has 0 fully saturated rings. The van der Waals surface area contributed by atoms with Gasteiger partial charge in [-0.25, -0.2) is 8.42 Å². The third-order valence-corrected chi connectivity index (χ3v) is 7.41. The van der Waals surface area contributed by atoms with Gasteiger partial charge in [-0.15, -0.1) is 0 Å². The molecule has 9 nitrogen and oxygen atoms in total. The Balaban J connectivity index is 1.70. The number of hydrogen-bond acceptors (Lipinski definition) is 6. The molecule has 0 spiro atoms. The van der Waals surface area contributed by atoms with Gasteiger partial charge < -0.3 is 10.1 Å². The molecule has 33 heavy (non-hydrogen) atoms. The summed E-state index contributed by atoms with van der Waals surface area (Å²) in [5, 5.41) is 13.8. The highest BCUT2D eigenvalue weighted by Gasteiger charge is 2.31. The zero-order valence-corrected chi connectivity index (χ0v) is 18.8. The molecule has 3 aromatic carbocycles. The molecule has 0 radical (unpaired) electrons.